The van der Waals surface area contributed by atoms with Gasteiger partial charge in [-0.2, -0.15) is 0 Å². The normalized spacial score (nSPS) is 20.6. The van der Waals surface area contributed by atoms with E-state index < -0.39 is 0 Å². The molecule has 2 saturated heterocycles. The summed E-state index contributed by atoms with van der Waals surface area (Å²) in [5.41, 5.74) is 1.16. The van der Waals surface area contributed by atoms with E-state index in [1.54, 1.807) is 14.2 Å². The zero-order valence-electron chi connectivity index (χ0n) is 18.8. The van der Waals surface area contributed by atoms with Gasteiger partial charge in [0.1, 0.15) is 11.5 Å². The number of benzene rings is 1. The minimum atomic E-state index is 0. The summed E-state index contributed by atoms with van der Waals surface area (Å²) in [7, 11) is 5.25. The van der Waals surface area contributed by atoms with Crippen LogP contribution in [-0.4, -0.2) is 77.4 Å². The van der Waals surface area contributed by atoms with Crippen LogP contribution < -0.4 is 25.0 Å². The van der Waals surface area contributed by atoms with Gasteiger partial charge in [-0.1, -0.05) is 6.92 Å². The highest BCUT2D eigenvalue weighted by Crippen LogP contribution is 2.30. The third-order valence-corrected chi connectivity index (χ3v) is 6.14. The quantitative estimate of drug-likeness (QED) is 0.321. The third-order valence-electron chi connectivity index (χ3n) is 6.14. The van der Waals surface area contributed by atoms with Crippen LogP contribution in [0.1, 0.15) is 26.2 Å². The lowest BCUT2D eigenvalue weighted by Crippen LogP contribution is -2.49. The van der Waals surface area contributed by atoms with Gasteiger partial charge < -0.3 is 29.9 Å². The molecule has 1 aromatic carbocycles. The number of rotatable bonds is 7. The van der Waals surface area contributed by atoms with Crippen molar-refractivity contribution in [1.82, 2.24) is 15.5 Å². The Balaban J connectivity index is 0.00000320. The van der Waals surface area contributed by atoms with Crippen molar-refractivity contribution in [1.29, 1.82) is 0 Å². The largest absolute Gasteiger partial charge is 0.497 e. The monoisotopic (exact) mass is 531 g/mol. The van der Waals surface area contributed by atoms with Crippen LogP contribution in [0.5, 0.6) is 11.5 Å². The second-order valence-electron chi connectivity index (χ2n) is 7.98. The molecule has 8 heteroatoms. The van der Waals surface area contributed by atoms with Crippen LogP contribution in [0.3, 0.4) is 0 Å². The number of anilines is 1. The molecule has 7 nitrogen and oxygen atoms in total. The molecule has 0 aliphatic carbocycles. The molecular formula is C22H38IN5O2. The molecule has 2 N–H and O–H groups in total. The van der Waals surface area contributed by atoms with Crippen LogP contribution in [-0.2, 0) is 0 Å². The molecular weight excluding hydrogens is 493 g/mol. The number of piperidine rings is 1. The molecule has 2 aliphatic rings. The van der Waals surface area contributed by atoms with Crippen LogP contribution in [0, 0.1) is 5.92 Å². The number of methoxy groups -OCH3 is 2. The van der Waals surface area contributed by atoms with Crippen molar-refractivity contribution in [3.63, 3.8) is 0 Å². The fraction of sp³-hybridized carbons (Fsp3) is 0.682. The standard InChI is InChI=1S/C22H37N5O2.HI/c1-5-26-9-6-17(16-26)15-24-22(23-2)25-18-7-10-27(11-8-18)19-12-20(28-3)14-21(13-19)29-4;/h12-14,17-18H,5-11,15-16H2,1-4H3,(H2,23,24,25);1H. The summed E-state index contributed by atoms with van der Waals surface area (Å²) < 4.78 is 10.8. The van der Waals surface area contributed by atoms with Gasteiger partial charge in [0.25, 0.3) is 0 Å². The highest BCUT2D eigenvalue weighted by Gasteiger charge is 2.23. The van der Waals surface area contributed by atoms with Gasteiger partial charge in [-0.15, -0.1) is 24.0 Å². The number of likely N-dealkylation sites (tertiary alicyclic amines) is 1. The number of hydrogen-bond donors (Lipinski definition) is 2. The van der Waals surface area contributed by atoms with Gasteiger partial charge in [0.2, 0.25) is 0 Å². The number of nitrogens with zero attached hydrogens (tertiary/aromatic N) is 3. The summed E-state index contributed by atoms with van der Waals surface area (Å²) in [6.45, 7) is 8.81. The Kier molecular flexibility index (Phi) is 10.3. The lowest BCUT2D eigenvalue weighted by Gasteiger charge is -2.35. The van der Waals surface area contributed by atoms with Crippen LogP contribution in [0.2, 0.25) is 0 Å². The molecule has 0 radical (unpaired) electrons. The van der Waals surface area contributed by atoms with E-state index >= 15 is 0 Å². The zero-order valence-corrected chi connectivity index (χ0v) is 21.1. The maximum Gasteiger partial charge on any atom is 0.191 e. The van der Waals surface area contributed by atoms with Gasteiger partial charge >= 0.3 is 0 Å². The topological polar surface area (TPSA) is 61.4 Å². The second-order valence-corrected chi connectivity index (χ2v) is 7.98. The molecule has 2 fully saturated rings. The van der Waals surface area contributed by atoms with E-state index in [0.717, 1.165) is 68.1 Å². The summed E-state index contributed by atoms with van der Waals surface area (Å²) in [5, 5.41) is 7.16. The smallest absolute Gasteiger partial charge is 0.191 e. The molecule has 2 heterocycles. The fourth-order valence-electron chi connectivity index (χ4n) is 4.25. The maximum absolute atomic E-state index is 5.41. The first-order chi connectivity index (χ1) is 14.1. The molecule has 0 spiro atoms. The second kappa shape index (κ2) is 12.4. The van der Waals surface area contributed by atoms with Gasteiger partial charge in [0, 0.05) is 63.2 Å². The Bertz CT molecular complexity index is 657. The molecule has 0 bridgehead atoms. The Labute approximate surface area is 198 Å². The van der Waals surface area contributed by atoms with E-state index in [0.29, 0.717) is 6.04 Å². The molecule has 2 aliphatic heterocycles. The van der Waals surface area contributed by atoms with Crippen molar-refractivity contribution < 1.29 is 9.47 Å². The third kappa shape index (κ3) is 6.80. The summed E-state index contributed by atoms with van der Waals surface area (Å²) in [6, 6.07) is 6.52. The minimum absolute atomic E-state index is 0. The van der Waals surface area contributed by atoms with Crippen molar-refractivity contribution in [3.8, 4) is 11.5 Å². The Morgan fingerprint density at radius 3 is 2.27 bits per heavy atom. The first-order valence-corrected chi connectivity index (χ1v) is 10.8. The summed E-state index contributed by atoms with van der Waals surface area (Å²) in [4.78, 5) is 9.36. The van der Waals surface area contributed by atoms with Crippen LogP contribution in [0.15, 0.2) is 23.2 Å². The summed E-state index contributed by atoms with van der Waals surface area (Å²) in [6.07, 6.45) is 3.43. The number of guanidine groups is 1. The average molecular weight is 531 g/mol. The minimum Gasteiger partial charge on any atom is -0.497 e. The van der Waals surface area contributed by atoms with Gasteiger partial charge in [-0.3, -0.25) is 4.99 Å². The highest BCUT2D eigenvalue weighted by atomic mass is 127. The highest BCUT2D eigenvalue weighted by molar-refractivity contribution is 14.0. The van der Waals surface area contributed by atoms with E-state index in [-0.39, 0.29) is 24.0 Å². The van der Waals surface area contributed by atoms with Gasteiger partial charge in [0.05, 0.1) is 14.2 Å². The van der Waals surface area contributed by atoms with Crippen LogP contribution >= 0.6 is 24.0 Å². The summed E-state index contributed by atoms with van der Waals surface area (Å²) >= 11 is 0. The van der Waals surface area contributed by atoms with Crippen molar-refractivity contribution in [3.05, 3.63) is 18.2 Å². The van der Waals surface area contributed by atoms with E-state index in [1.807, 2.05) is 13.1 Å². The van der Waals surface area contributed by atoms with Crippen molar-refractivity contribution >= 4 is 35.6 Å². The van der Waals surface area contributed by atoms with E-state index in [9.17, 15) is 0 Å². The fourth-order valence-corrected chi connectivity index (χ4v) is 4.25. The molecule has 1 aromatic rings. The van der Waals surface area contributed by atoms with E-state index in [4.69, 9.17) is 9.47 Å². The molecule has 3 rings (SSSR count). The van der Waals surface area contributed by atoms with Crippen molar-refractivity contribution in [2.75, 3.05) is 65.4 Å². The molecule has 0 saturated carbocycles. The number of nitrogens with one attached hydrogen (secondary N) is 2. The van der Waals surface area contributed by atoms with Gasteiger partial charge in [-0.05, 0) is 38.3 Å². The SMILES string of the molecule is CCN1CCC(CNC(=NC)NC2CCN(c3cc(OC)cc(OC)c3)CC2)C1.I. The number of halogens is 1. The van der Waals surface area contributed by atoms with Crippen molar-refractivity contribution in [2.45, 2.75) is 32.2 Å². The van der Waals surface area contributed by atoms with E-state index in [2.05, 4.69) is 44.5 Å². The van der Waals surface area contributed by atoms with Crippen LogP contribution in [0.4, 0.5) is 5.69 Å². The maximum atomic E-state index is 5.41. The lowest BCUT2D eigenvalue weighted by molar-refractivity contribution is 0.341. The predicted molar refractivity (Wildman–Crippen MR) is 135 cm³/mol. The first-order valence-electron chi connectivity index (χ1n) is 10.8. The Morgan fingerprint density at radius 1 is 1.07 bits per heavy atom. The summed E-state index contributed by atoms with van der Waals surface area (Å²) in [5.74, 6) is 3.32. The Morgan fingerprint density at radius 2 is 1.73 bits per heavy atom. The lowest BCUT2D eigenvalue weighted by atomic mass is 10.0. The van der Waals surface area contributed by atoms with Crippen LogP contribution in [0.25, 0.3) is 0 Å². The average Bonchev–Trinajstić information content (AvgIpc) is 3.24. The van der Waals surface area contributed by atoms with Gasteiger partial charge in [0.15, 0.2) is 5.96 Å². The first kappa shape index (κ1) is 24.8. The number of hydrogen-bond acceptors (Lipinski definition) is 5. The number of ether oxygens (including phenoxy) is 2. The predicted octanol–water partition coefficient (Wildman–Crippen LogP) is 2.80. The Hall–Kier alpha value is -1.42. The molecule has 1 unspecified atom stereocenters. The number of aliphatic imine (C=N–C) groups is 1. The zero-order chi connectivity index (χ0) is 20.6. The van der Waals surface area contributed by atoms with E-state index in [1.165, 1.54) is 19.5 Å². The molecule has 0 aromatic heterocycles. The molecule has 1 atom stereocenters. The van der Waals surface area contributed by atoms with Gasteiger partial charge in [-0.25, -0.2) is 0 Å². The molecule has 0 amide bonds. The molecule has 30 heavy (non-hydrogen) atoms. The molecule has 170 valence electrons. The van der Waals surface area contributed by atoms with Crippen molar-refractivity contribution in [2.24, 2.45) is 10.9 Å².